The SMILES string of the molecule is COC(=O)[C@H](C)CC(=O)C[C@@H](C)[C@H]1CC[C@@]2(C)C3=CC[C@H]4C(C)(C)[C@H](OC(C)=O)CC[C@]4(C)[C@@H]3CC[C@]12C. The fourth-order valence-electron chi connectivity index (χ4n) is 10.3. The van der Waals surface area contributed by atoms with Crippen molar-refractivity contribution in [1.82, 2.24) is 0 Å². The second kappa shape index (κ2) is 10.1. The first-order chi connectivity index (χ1) is 17.6. The van der Waals surface area contributed by atoms with Gasteiger partial charge in [-0.2, -0.15) is 0 Å². The number of carbonyl (C=O) groups is 3. The number of rotatable bonds is 7. The molecule has 3 fully saturated rings. The molecule has 9 atom stereocenters. The Morgan fingerprint density at radius 2 is 1.66 bits per heavy atom. The van der Waals surface area contributed by atoms with Gasteiger partial charge in [-0.25, -0.2) is 0 Å². The van der Waals surface area contributed by atoms with E-state index < -0.39 is 0 Å². The van der Waals surface area contributed by atoms with Crippen LogP contribution in [0.15, 0.2) is 11.6 Å². The highest BCUT2D eigenvalue weighted by Crippen LogP contribution is 2.73. The van der Waals surface area contributed by atoms with E-state index in [1.165, 1.54) is 33.3 Å². The van der Waals surface area contributed by atoms with Gasteiger partial charge in [-0.15, -0.1) is 0 Å². The van der Waals surface area contributed by atoms with E-state index in [2.05, 4.69) is 47.6 Å². The van der Waals surface area contributed by atoms with E-state index >= 15 is 0 Å². The van der Waals surface area contributed by atoms with E-state index in [0.717, 1.165) is 25.7 Å². The highest BCUT2D eigenvalue weighted by Gasteiger charge is 2.65. The Hall–Kier alpha value is -1.65. The van der Waals surface area contributed by atoms with Crippen LogP contribution in [-0.2, 0) is 23.9 Å². The molecule has 5 nitrogen and oxygen atoms in total. The summed E-state index contributed by atoms with van der Waals surface area (Å²) in [6.45, 7) is 17.8. The van der Waals surface area contributed by atoms with Gasteiger partial charge in [0.05, 0.1) is 13.0 Å². The zero-order valence-electron chi connectivity index (χ0n) is 25.4. The van der Waals surface area contributed by atoms with Crippen molar-refractivity contribution in [3.63, 3.8) is 0 Å². The first-order valence-corrected chi connectivity index (χ1v) is 15.1. The molecule has 214 valence electrons. The van der Waals surface area contributed by atoms with Gasteiger partial charge in [0, 0.05) is 25.2 Å². The minimum Gasteiger partial charge on any atom is -0.469 e. The molecular formula is C33H52O5. The van der Waals surface area contributed by atoms with Gasteiger partial charge in [-0.3, -0.25) is 14.4 Å². The lowest BCUT2D eigenvalue weighted by molar-refractivity contribution is -0.174. The summed E-state index contributed by atoms with van der Waals surface area (Å²) in [5.41, 5.74) is 2.19. The Balaban J connectivity index is 1.55. The van der Waals surface area contributed by atoms with Crippen LogP contribution in [0.5, 0.6) is 0 Å². The number of methoxy groups -OCH3 is 1. The standard InChI is InChI=1S/C33H52O5/c1-20(18-23(35)19-21(2)29(36)37-9)24-12-16-33(8)26-10-11-27-30(4,5)28(38-22(3)34)14-15-31(27,6)25(26)13-17-32(24,33)7/h10,20-21,24-25,27-28H,11-19H2,1-9H3/t20-,21-,24-,25-,27+,28-,31-,32-,33+/m1/s1. The molecule has 0 spiro atoms. The molecule has 3 saturated carbocycles. The lowest BCUT2D eigenvalue weighted by atomic mass is 9.41. The molecule has 38 heavy (non-hydrogen) atoms. The lowest BCUT2D eigenvalue weighted by Crippen LogP contribution is -2.58. The molecule has 0 bridgehead atoms. The molecule has 4 aliphatic rings. The van der Waals surface area contributed by atoms with Crippen LogP contribution in [-0.4, -0.2) is 30.9 Å². The van der Waals surface area contributed by atoms with Crippen molar-refractivity contribution in [2.75, 3.05) is 7.11 Å². The maximum atomic E-state index is 12.9. The smallest absolute Gasteiger partial charge is 0.308 e. The van der Waals surface area contributed by atoms with Gasteiger partial charge < -0.3 is 9.47 Å². The number of ether oxygens (including phenoxy) is 2. The number of hydrogen-bond acceptors (Lipinski definition) is 5. The molecule has 0 aromatic rings. The average Bonchev–Trinajstić information content (AvgIpc) is 3.11. The quantitative estimate of drug-likeness (QED) is 0.256. The Kier molecular flexibility index (Phi) is 7.78. The maximum absolute atomic E-state index is 12.9. The van der Waals surface area contributed by atoms with Crippen LogP contribution in [0.25, 0.3) is 0 Å². The van der Waals surface area contributed by atoms with Gasteiger partial charge in [-0.05, 0) is 84.9 Å². The summed E-state index contributed by atoms with van der Waals surface area (Å²) < 4.78 is 10.7. The van der Waals surface area contributed by atoms with Crippen LogP contribution >= 0.6 is 0 Å². The van der Waals surface area contributed by atoms with Gasteiger partial charge in [0.2, 0.25) is 0 Å². The molecule has 0 saturated heterocycles. The largest absolute Gasteiger partial charge is 0.469 e. The summed E-state index contributed by atoms with van der Waals surface area (Å²) in [4.78, 5) is 36.6. The van der Waals surface area contributed by atoms with Gasteiger partial charge in [0.15, 0.2) is 0 Å². The number of ketones is 1. The first kappa shape index (κ1) is 29.3. The van der Waals surface area contributed by atoms with Crippen LogP contribution in [0, 0.1) is 51.2 Å². The lowest BCUT2D eigenvalue weighted by Gasteiger charge is -2.64. The average molecular weight is 529 g/mol. The Bertz CT molecular complexity index is 995. The number of esters is 2. The van der Waals surface area contributed by atoms with Crippen LogP contribution in [0.1, 0.15) is 113 Å². The number of fused-ring (bicyclic) bond motifs is 5. The summed E-state index contributed by atoms with van der Waals surface area (Å²) in [7, 11) is 1.39. The summed E-state index contributed by atoms with van der Waals surface area (Å²) in [5, 5.41) is 0. The predicted molar refractivity (Wildman–Crippen MR) is 149 cm³/mol. The van der Waals surface area contributed by atoms with Crippen molar-refractivity contribution >= 4 is 17.7 Å². The molecule has 0 heterocycles. The fourth-order valence-corrected chi connectivity index (χ4v) is 10.3. The molecule has 0 radical (unpaired) electrons. The summed E-state index contributed by atoms with van der Waals surface area (Å²) in [6.07, 6.45) is 11.3. The normalized spacial score (nSPS) is 41.0. The van der Waals surface area contributed by atoms with Crippen molar-refractivity contribution in [3.8, 4) is 0 Å². The van der Waals surface area contributed by atoms with Crippen LogP contribution in [0.4, 0.5) is 0 Å². The first-order valence-electron chi connectivity index (χ1n) is 15.1. The van der Waals surface area contributed by atoms with E-state index in [0.29, 0.717) is 30.1 Å². The Labute approximate surface area is 230 Å². The molecule has 0 amide bonds. The van der Waals surface area contributed by atoms with E-state index in [4.69, 9.17) is 9.47 Å². The van der Waals surface area contributed by atoms with E-state index in [1.807, 2.05) is 0 Å². The van der Waals surface area contributed by atoms with Gasteiger partial charge in [-0.1, -0.05) is 60.1 Å². The van der Waals surface area contributed by atoms with Crippen LogP contribution in [0.2, 0.25) is 0 Å². The summed E-state index contributed by atoms with van der Waals surface area (Å²) >= 11 is 0. The van der Waals surface area contributed by atoms with Gasteiger partial charge >= 0.3 is 11.9 Å². The van der Waals surface area contributed by atoms with Crippen molar-refractivity contribution in [1.29, 1.82) is 0 Å². The topological polar surface area (TPSA) is 69.7 Å². The molecular weight excluding hydrogens is 476 g/mol. The van der Waals surface area contributed by atoms with Crippen LogP contribution < -0.4 is 0 Å². The highest BCUT2D eigenvalue weighted by molar-refractivity contribution is 5.84. The third-order valence-electron chi connectivity index (χ3n) is 12.5. The zero-order valence-corrected chi connectivity index (χ0v) is 25.4. The van der Waals surface area contributed by atoms with Crippen molar-refractivity contribution < 1.29 is 23.9 Å². The Morgan fingerprint density at radius 1 is 0.974 bits per heavy atom. The van der Waals surface area contributed by atoms with E-state index in [9.17, 15) is 14.4 Å². The minimum atomic E-state index is -0.374. The van der Waals surface area contributed by atoms with E-state index in [1.54, 1.807) is 12.5 Å². The Morgan fingerprint density at radius 3 is 2.29 bits per heavy atom. The zero-order chi connectivity index (χ0) is 28.3. The third kappa shape index (κ3) is 4.48. The molecule has 0 aromatic carbocycles. The predicted octanol–water partition coefficient (Wildman–Crippen LogP) is 7.32. The van der Waals surface area contributed by atoms with Gasteiger partial charge in [0.25, 0.3) is 0 Å². The summed E-state index contributed by atoms with van der Waals surface area (Å²) in [6, 6.07) is 0. The number of carbonyl (C=O) groups excluding carboxylic acids is 3. The molecule has 4 rings (SSSR count). The second-order valence-electron chi connectivity index (χ2n) is 14.7. The second-order valence-corrected chi connectivity index (χ2v) is 14.7. The van der Waals surface area contributed by atoms with Crippen molar-refractivity contribution in [2.45, 2.75) is 119 Å². The van der Waals surface area contributed by atoms with E-state index in [-0.39, 0.29) is 57.8 Å². The number of allylic oxidation sites excluding steroid dienone is 2. The fraction of sp³-hybridized carbons (Fsp3) is 0.848. The van der Waals surface area contributed by atoms with Gasteiger partial charge in [0.1, 0.15) is 11.9 Å². The molecule has 0 N–H and O–H groups in total. The molecule has 5 heteroatoms. The molecule has 0 aliphatic heterocycles. The summed E-state index contributed by atoms with van der Waals surface area (Å²) in [5.74, 6) is 1.24. The third-order valence-corrected chi connectivity index (χ3v) is 12.5. The maximum Gasteiger partial charge on any atom is 0.308 e. The number of hydrogen-bond donors (Lipinski definition) is 0. The molecule has 0 unspecified atom stereocenters. The monoisotopic (exact) mass is 528 g/mol. The highest BCUT2D eigenvalue weighted by atomic mass is 16.5. The van der Waals surface area contributed by atoms with Crippen molar-refractivity contribution in [2.24, 2.45) is 51.2 Å². The van der Waals surface area contributed by atoms with Crippen LogP contribution in [0.3, 0.4) is 0 Å². The van der Waals surface area contributed by atoms with Crippen molar-refractivity contribution in [3.05, 3.63) is 11.6 Å². The minimum absolute atomic E-state index is 0.00591. The molecule has 0 aromatic heterocycles. The number of Topliss-reactive ketones (excluding diaryl/α,β-unsaturated/α-hetero) is 1. The molecule has 4 aliphatic carbocycles.